The van der Waals surface area contributed by atoms with Gasteiger partial charge in [0, 0.05) is 0 Å². The van der Waals surface area contributed by atoms with Gasteiger partial charge in [0.25, 0.3) is 0 Å². The van der Waals surface area contributed by atoms with Gasteiger partial charge in [-0.3, -0.25) is 0 Å². The van der Waals surface area contributed by atoms with Crippen LogP contribution in [0.3, 0.4) is 0 Å². The van der Waals surface area contributed by atoms with Crippen molar-refractivity contribution in [1.29, 1.82) is 0 Å². The molecule has 0 saturated heterocycles. The Balaban J connectivity index is 3.45. The molecule has 92 valence electrons. The second-order valence-electron chi connectivity index (χ2n) is 3.53. The molecule has 0 rings (SSSR count). The molecule has 2 nitrogen and oxygen atoms in total. The maximum absolute atomic E-state index is 5.43. The highest BCUT2D eigenvalue weighted by atomic mass is 32.9. The summed E-state index contributed by atoms with van der Waals surface area (Å²) in [5, 5.41) is 0. The first-order chi connectivity index (χ1) is 7.12. The highest BCUT2D eigenvalue weighted by Crippen LogP contribution is 2.46. The summed E-state index contributed by atoms with van der Waals surface area (Å²) in [5.41, 5.74) is -2.36. The molecule has 0 heterocycles. The minimum Gasteiger partial charge on any atom is -0.691 e. The van der Waals surface area contributed by atoms with Crippen molar-refractivity contribution in [3.63, 3.8) is 0 Å². The van der Waals surface area contributed by atoms with Crippen LogP contribution in [0.5, 0.6) is 0 Å². The minimum absolute atomic E-state index is 0.655. The summed E-state index contributed by atoms with van der Waals surface area (Å²) in [6.45, 7) is 5.63. The van der Waals surface area contributed by atoms with Gasteiger partial charge in [-0.25, -0.2) is 0 Å². The van der Waals surface area contributed by atoms with Crippen molar-refractivity contribution in [3.05, 3.63) is 0 Å². The van der Waals surface area contributed by atoms with Crippen LogP contribution in [0.4, 0.5) is 0 Å². The molecule has 0 atom stereocenters. The predicted molar refractivity (Wildman–Crippen MR) is 72.6 cm³/mol. The average molecular weight is 269 g/mol. The molecule has 0 aromatic heterocycles. The Morgan fingerprint density at radius 2 is 1.33 bits per heavy atom. The minimum atomic E-state index is -2.36. The average Bonchev–Trinajstić information content (AvgIpc) is 2.20. The van der Waals surface area contributed by atoms with Gasteiger partial charge in [-0.1, -0.05) is 51.3 Å². The molecule has 0 radical (unpaired) electrons. The second-order valence-corrected chi connectivity index (χ2v) is 8.52. The van der Waals surface area contributed by atoms with Gasteiger partial charge in [0.1, 0.15) is 0 Å². The Labute approximate surface area is 104 Å². The maximum Gasteiger partial charge on any atom is 0.0563 e. The van der Waals surface area contributed by atoms with Gasteiger partial charge < -0.3 is 21.3 Å². The van der Waals surface area contributed by atoms with E-state index in [1.165, 1.54) is 25.7 Å². The molecule has 0 saturated carbocycles. The Hall–Kier alpha value is 0.920. The van der Waals surface area contributed by atoms with E-state index in [2.05, 4.69) is 13.8 Å². The third kappa shape index (κ3) is 11.2. The Bertz CT molecular complexity index is 172. The largest absolute Gasteiger partial charge is 0.691 e. The lowest BCUT2D eigenvalue weighted by atomic mass is 10.3. The van der Waals surface area contributed by atoms with Crippen LogP contribution in [-0.4, -0.2) is 13.2 Å². The zero-order valence-corrected chi connectivity index (χ0v) is 12.3. The van der Waals surface area contributed by atoms with Gasteiger partial charge in [0.15, 0.2) is 0 Å². The van der Waals surface area contributed by atoms with Crippen molar-refractivity contribution < 1.29 is 9.05 Å². The SMILES string of the molecule is CCCCCOP(=S)([S-])OCCCCC. The lowest BCUT2D eigenvalue weighted by molar-refractivity contribution is 0.251. The molecule has 15 heavy (non-hydrogen) atoms. The fraction of sp³-hybridized carbons (Fsp3) is 1.00. The van der Waals surface area contributed by atoms with E-state index in [1.807, 2.05) is 0 Å². The Morgan fingerprint density at radius 3 is 1.67 bits per heavy atom. The molecule has 0 amide bonds. The molecular formula is C10H22O2PS2-. The van der Waals surface area contributed by atoms with Crippen molar-refractivity contribution in [3.8, 4) is 0 Å². The van der Waals surface area contributed by atoms with Crippen LogP contribution < -0.4 is 0 Å². The first-order valence-corrected chi connectivity index (χ1v) is 9.37. The van der Waals surface area contributed by atoms with Gasteiger partial charge in [0.2, 0.25) is 0 Å². The summed E-state index contributed by atoms with van der Waals surface area (Å²) in [5.74, 6) is 0. The molecule has 0 N–H and O–H groups in total. The summed E-state index contributed by atoms with van der Waals surface area (Å²) in [6.07, 6.45) is 6.76. The second kappa shape index (κ2) is 10.1. The van der Waals surface area contributed by atoms with Crippen molar-refractivity contribution in [2.75, 3.05) is 13.2 Å². The number of hydrogen-bond acceptors (Lipinski definition) is 4. The van der Waals surface area contributed by atoms with E-state index in [0.717, 1.165) is 12.8 Å². The van der Waals surface area contributed by atoms with Gasteiger partial charge >= 0.3 is 0 Å². The van der Waals surface area contributed by atoms with Gasteiger partial charge in [-0.2, -0.15) is 0 Å². The van der Waals surface area contributed by atoms with E-state index >= 15 is 0 Å². The van der Waals surface area contributed by atoms with Crippen LogP contribution in [0.1, 0.15) is 52.4 Å². The van der Waals surface area contributed by atoms with Crippen LogP contribution in [0.25, 0.3) is 0 Å². The molecule has 0 aliphatic carbocycles. The van der Waals surface area contributed by atoms with Crippen LogP contribution in [0.2, 0.25) is 0 Å². The first-order valence-electron chi connectivity index (χ1n) is 5.72. The fourth-order valence-electron chi connectivity index (χ4n) is 1.09. The molecule has 0 bridgehead atoms. The normalized spacial score (nSPS) is 11.9. The quantitative estimate of drug-likeness (QED) is 0.336. The summed E-state index contributed by atoms with van der Waals surface area (Å²) < 4.78 is 10.9. The number of hydrogen-bond donors (Lipinski definition) is 0. The van der Waals surface area contributed by atoms with E-state index in [0.29, 0.717) is 13.2 Å². The molecule has 0 unspecified atom stereocenters. The third-order valence-corrected chi connectivity index (χ3v) is 4.26. The molecule has 0 spiro atoms. The molecule has 0 aromatic rings. The lowest BCUT2D eigenvalue weighted by Crippen LogP contribution is -1.97. The molecule has 0 aliphatic heterocycles. The highest BCUT2D eigenvalue weighted by Gasteiger charge is 2.01. The van der Waals surface area contributed by atoms with Crippen molar-refractivity contribution in [1.82, 2.24) is 0 Å². The monoisotopic (exact) mass is 269 g/mol. The zero-order chi connectivity index (χ0) is 11.6. The summed E-state index contributed by atoms with van der Waals surface area (Å²) in [4.78, 5) is 0. The van der Waals surface area contributed by atoms with E-state index in [1.54, 1.807) is 0 Å². The summed E-state index contributed by atoms with van der Waals surface area (Å²) in [6, 6.07) is 0. The fourth-order valence-corrected chi connectivity index (χ4v) is 2.77. The number of unbranched alkanes of at least 4 members (excludes halogenated alkanes) is 4. The van der Waals surface area contributed by atoms with Gasteiger partial charge in [-0.15, -0.1) is 0 Å². The maximum atomic E-state index is 5.43. The van der Waals surface area contributed by atoms with Crippen molar-refractivity contribution >= 4 is 29.7 Å². The predicted octanol–water partition coefficient (Wildman–Crippen LogP) is 4.17. The van der Waals surface area contributed by atoms with E-state index in [-0.39, 0.29) is 0 Å². The number of rotatable bonds is 10. The highest BCUT2D eigenvalue weighted by molar-refractivity contribution is 8.51. The Morgan fingerprint density at radius 1 is 0.933 bits per heavy atom. The lowest BCUT2D eigenvalue weighted by Gasteiger charge is -2.28. The van der Waals surface area contributed by atoms with Crippen LogP contribution in [-0.2, 0) is 33.1 Å². The first kappa shape index (κ1) is 15.9. The van der Waals surface area contributed by atoms with Gasteiger partial charge in [-0.05, 0) is 12.8 Å². The standard InChI is InChI=1S/C10H23O2PS2/c1-3-5-7-9-11-13(14,15)12-10-8-6-4-2/h3-10H2,1-2H3,(H,14,15)/p-1. The Kier molecular flexibility index (Phi) is 10.7. The molecule has 0 fully saturated rings. The third-order valence-electron chi connectivity index (χ3n) is 1.99. The van der Waals surface area contributed by atoms with Crippen LogP contribution in [0.15, 0.2) is 0 Å². The molecule has 5 heteroatoms. The van der Waals surface area contributed by atoms with E-state index in [9.17, 15) is 0 Å². The molecule has 0 aliphatic rings. The molecular weight excluding hydrogens is 247 g/mol. The van der Waals surface area contributed by atoms with Crippen molar-refractivity contribution in [2.24, 2.45) is 0 Å². The van der Waals surface area contributed by atoms with E-state index < -0.39 is 5.69 Å². The topological polar surface area (TPSA) is 18.5 Å². The summed E-state index contributed by atoms with van der Waals surface area (Å²) >= 11 is 10.2. The van der Waals surface area contributed by atoms with Crippen LogP contribution in [0, 0.1) is 0 Å². The zero-order valence-electron chi connectivity index (χ0n) is 9.74. The van der Waals surface area contributed by atoms with Crippen molar-refractivity contribution in [2.45, 2.75) is 52.4 Å². The van der Waals surface area contributed by atoms with Gasteiger partial charge in [0.05, 0.1) is 18.9 Å². The van der Waals surface area contributed by atoms with E-state index in [4.69, 9.17) is 33.1 Å². The summed E-state index contributed by atoms with van der Waals surface area (Å²) in [7, 11) is 0. The van der Waals surface area contributed by atoms with Crippen LogP contribution >= 0.6 is 5.69 Å². The molecule has 0 aromatic carbocycles. The smallest absolute Gasteiger partial charge is 0.0563 e.